The van der Waals surface area contributed by atoms with Gasteiger partial charge in [0.2, 0.25) is 0 Å². The number of esters is 1. The maximum atomic E-state index is 10.9. The van der Waals surface area contributed by atoms with Crippen molar-refractivity contribution in [1.82, 2.24) is 4.90 Å². The second kappa shape index (κ2) is 6.30. The Bertz CT molecular complexity index is 187. The molecule has 1 heterocycles. The SMILES string of the molecule is COC(=O)CCCN1CCSC[C@@H]1C. The third-order valence-corrected chi connectivity index (χ3v) is 3.75. The maximum Gasteiger partial charge on any atom is 0.305 e. The van der Waals surface area contributed by atoms with Crippen LogP contribution >= 0.6 is 11.8 Å². The van der Waals surface area contributed by atoms with Crippen molar-refractivity contribution in [1.29, 1.82) is 0 Å². The van der Waals surface area contributed by atoms with Gasteiger partial charge in [0.1, 0.15) is 0 Å². The second-order valence-electron chi connectivity index (χ2n) is 3.64. The number of methoxy groups -OCH3 is 1. The standard InChI is InChI=1S/C10H19NO2S/c1-9-8-14-7-6-11(9)5-3-4-10(12)13-2/h9H,3-8H2,1-2H3/t9-/m0/s1. The summed E-state index contributed by atoms with van der Waals surface area (Å²) in [6, 6.07) is 0.659. The maximum absolute atomic E-state index is 10.9. The van der Waals surface area contributed by atoms with Crippen molar-refractivity contribution in [2.75, 3.05) is 31.7 Å². The van der Waals surface area contributed by atoms with Gasteiger partial charge in [0, 0.05) is 30.5 Å². The van der Waals surface area contributed by atoms with Crippen molar-refractivity contribution in [2.24, 2.45) is 0 Å². The fourth-order valence-corrected chi connectivity index (χ4v) is 2.70. The van der Waals surface area contributed by atoms with Crippen molar-refractivity contribution in [3.05, 3.63) is 0 Å². The summed E-state index contributed by atoms with van der Waals surface area (Å²) >= 11 is 2.02. The summed E-state index contributed by atoms with van der Waals surface area (Å²) in [4.78, 5) is 13.3. The zero-order valence-corrected chi connectivity index (χ0v) is 9.81. The smallest absolute Gasteiger partial charge is 0.305 e. The molecule has 0 N–H and O–H groups in total. The summed E-state index contributed by atoms with van der Waals surface area (Å²) in [7, 11) is 1.45. The first-order valence-corrected chi connectivity index (χ1v) is 6.28. The van der Waals surface area contributed by atoms with Crippen LogP contribution in [0, 0.1) is 0 Å². The number of carbonyl (C=O) groups is 1. The molecular weight excluding hydrogens is 198 g/mol. The predicted octanol–water partition coefficient (Wildman–Crippen LogP) is 1.38. The molecule has 1 saturated heterocycles. The molecule has 1 atom stereocenters. The summed E-state index contributed by atoms with van der Waals surface area (Å²) in [6.45, 7) is 4.44. The van der Waals surface area contributed by atoms with E-state index in [4.69, 9.17) is 0 Å². The Morgan fingerprint density at radius 1 is 1.64 bits per heavy atom. The molecule has 0 aromatic carbocycles. The molecule has 0 amide bonds. The van der Waals surface area contributed by atoms with E-state index in [-0.39, 0.29) is 5.97 Å². The lowest BCUT2D eigenvalue weighted by atomic mass is 10.2. The van der Waals surface area contributed by atoms with Gasteiger partial charge in [-0.3, -0.25) is 9.69 Å². The first-order valence-electron chi connectivity index (χ1n) is 5.12. The highest BCUT2D eigenvalue weighted by molar-refractivity contribution is 7.99. The fourth-order valence-electron chi connectivity index (χ4n) is 1.62. The lowest BCUT2D eigenvalue weighted by molar-refractivity contribution is -0.140. The van der Waals surface area contributed by atoms with E-state index in [9.17, 15) is 4.79 Å². The van der Waals surface area contributed by atoms with E-state index in [0.717, 1.165) is 19.5 Å². The molecule has 1 aliphatic heterocycles. The van der Waals surface area contributed by atoms with E-state index in [1.165, 1.54) is 18.6 Å². The molecular formula is C10H19NO2S. The molecule has 1 fully saturated rings. The Morgan fingerprint density at radius 2 is 2.43 bits per heavy atom. The highest BCUT2D eigenvalue weighted by Crippen LogP contribution is 2.16. The molecule has 0 radical (unpaired) electrons. The Morgan fingerprint density at radius 3 is 3.07 bits per heavy atom. The minimum Gasteiger partial charge on any atom is -0.469 e. The molecule has 1 rings (SSSR count). The number of ether oxygens (including phenoxy) is 1. The van der Waals surface area contributed by atoms with E-state index >= 15 is 0 Å². The zero-order chi connectivity index (χ0) is 10.4. The monoisotopic (exact) mass is 217 g/mol. The van der Waals surface area contributed by atoms with Crippen LogP contribution in [0.15, 0.2) is 0 Å². The average Bonchev–Trinajstić information content (AvgIpc) is 2.20. The zero-order valence-electron chi connectivity index (χ0n) is 8.99. The number of hydrogen-bond donors (Lipinski definition) is 0. The first-order chi connectivity index (χ1) is 6.74. The van der Waals surface area contributed by atoms with Crippen LogP contribution in [0.25, 0.3) is 0 Å². The highest BCUT2D eigenvalue weighted by atomic mass is 32.2. The van der Waals surface area contributed by atoms with Gasteiger partial charge in [-0.05, 0) is 19.9 Å². The van der Waals surface area contributed by atoms with Gasteiger partial charge in [0.25, 0.3) is 0 Å². The average molecular weight is 217 g/mol. The topological polar surface area (TPSA) is 29.5 Å². The molecule has 0 unspecified atom stereocenters. The minimum absolute atomic E-state index is 0.0935. The summed E-state index contributed by atoms with van der Waals surface area (Å²) in [5, 5.41) is 0. The minimum atomic E-state index is -0.0935. The van der Waals surface area contributed by atoms with E-state index in [2.05, 4.69) is 16.6 Å². The third-order valence-electron chi connectivity index (χ3n) is 2.56. The van der Waals surface area contributed by atoms with Gasteiger partial charge >= 0.3 is 5.97 Å². The number of hydrogen-bond acceptors (Lipinski definition) is 4. The quantitative estimate of drug-likeness (QED) is 0.665. The summed E-state index contributed by atoms with van der Waals surface area (Å²) in [5.41, 5.74) is 0. The Kier molecular flexibility index (Phi) is 5.33. The van der Waals surface area contributed by atoms with Crippen molar-refractivity contribution in [3.63, 3.8) is 0 Å². The molecule has 0 spiro atoms. The largest absolute Gasteiger partial charge is 0.469 e. The van der Waals surface area contributed by atoms with E-state index in [1.54, 1.807) is 0 Å². The lowest BCUT2D eigenvalue weighted by Gasteiger charge is -2.32. The lowest BCUT2D eigenvalue weighted by Crippen LogP contribution is -2.40. The van der Waals surface area contributed by atoms with Gasteiger partial charge in [-0.15, -0.1) is 0 Å². The molecule has 3 nitrogen and oxygen atoms in total. The van der Waals surface area contributed by atoms with Gasteiger partial charge in [-0.1, -0.05) is 0 Å². The fraction of sp³-hybridized carbons (Fsp3) is 0.900. The van der Waals surface area contributed by atoms with Crippen molar-refractivity contribution in [3.8, 4) is 0 Å². The van der Waals surface area contributed by atoms with Crippen molar-refractivity contribution < 1.29 is 9.53 Å². The van der Waals surface area contributed by atoms with Gasteiger partial charge < -0.3 is 4.74 Å². The van der Waals surface area contributed by atoms with Crippen LogP contribution < -0.4 is 0 Å². The van der Waals surface area contributed by atoms with Crippen LogP contribution in [0.5, 0.6) is 0 Å². The summed E-state index contributed by atoms with van der Waals surface area (Å²) < 4.78 is 4.60. The Balaban J connectivity index is 2.13. The van der Waals surface area contributed by atoms with Gasteiger partial charge in [-0.25, -0.2) is 0 Å². The summed E-state index contributed by atoms with van der Waals surface area (Å²) in [6.07, 6.45) is 1.47. The van der Waals surface area contributed by atoms with Crippen LogP contribution in [-0.4, -0.2) is 48.6 Å². The van der Waals surface area contributed by atoms with Crippen LogP contribution in [-0.2, 0) is 9.53 Å². The van der Waals surface area contributed by atoms with Gasteiger partial charge in [0.15, 0.2) is 0 Å². The van der Waals surface area contributed by atoms with Crippen LogP contribution in [0.1, 0.15) is 19.8 Å². The molecule has 0 aromatic rings. The molecule has 0 aliphatic carbocycles. The van der Waals surface area contributed by atoms with Gasteiger partial charge in [-0.2, -0.15) is 11.8 Å². The normalized spacial score (nSPS) is 23.4. The number of thioether (sulfide) groups is 1. The van der Waals surface area contributed by atoms with E-state index < -0.39 is 0 Å². The number of carbonyl (C=O) groups excluding carboxylic acids is 1. The Hall–Kier alpha value is -0.220. The highest BCUT2D eigenvalue weighted by Gasteiger charge is 2.17. The van der Waals surface area contributed by atoms with E-state index in [1.807, 2.05) is 11.8 Å². The van der Waals surface area contributed by atoms with E-state index in [0.29, 0.717) is 12.5 Å². The molecule has 82 valence electrons. The first kappa shape index (κ1) is 11.9. The van der Waals surface area contributed by atoms with Crippen LogP contribution in [0.3, 0.4) is 0 Å². The molecule has 0 aromatic heterocycles. The molecule has 4 heteroatoms. The number of rotatable bonds is 4. The molecule has 0 saturated carbocycles. The summed E-state index contributed by atoms with van der Waals surface area (Å²) in [5.74, 6) is 2.35. The predicted molar refractivity (Wildman–Crippen MR) is 59.6 cm³/mol. The van der Waals surface area contributed by atoms with Gasteiger partial charge in [0.05, 0.1) is 7.11 Å². The number of nitrogens with zero attached hydrogens (tertiary/aromatic N) is 1. The molecule has 14 heavy (non-hydrogen) atoms. The van der Waals surface area contributed by atoms with Crippen molar-refractivity contribution >= 4 is 17.7 Å². The van der Waals surface area contributed by atoms with Crippen LogP contribution in [0.4, 0.5) is 0 Å². The third kappa shape index (κ3) is 3.88. The van der Waals surface area contributed by atoms with Crippen LogP contribution in [0.2, 0.25) is 0 Å². The Labute approximate surface area is 90.2 Å². The molecule has 1 aliphatic rings. The van der Waals surface area contributed by atoms with Crippen molar-refractivity contribution in [2.45, 2.75) is 25.8 Å². The molecule has 0 bridgehead atoms. The second-order valence-corrected chi connectivity index (χ2v) is 4.79.